The monoisotopic (exact) mass is 582 g/mol. The van der Waals surface area contributed by atoms with Crippen molar-refractivity contribution in [3.63, 3.8) is 0 Å². The first kappa shape index (κ1) is 31.1. The van der Waals surface area contributed by atoms with Crippen LogP contribution in [0.2, 0.25) is 0 Å². The summed E-state index contributed by atoms with van der Waals surface area (Å²) < 4.78 is 36.8. The highest BCUT2D eigenvalue weighted by molar-refractivity contribution is 5.98. The van der Waals surface area contributed by atoms with Crippen molar-refractivity contribution in [3.8, 4) is 11.5 Å². The van der Waals surface area contributed by atoms with Crippen LogP contribution < -0.4 is 9.47 Å². The molecule has 0 fully saturated rings. The lowest BCUT2D eigenvalue weighted by molar-refractivity contribution is 0.177. The number of nitrogens with zero attached hydrogens (tertiary/aromatic N) is 4. The Morgan fingerprint density at radius 3 is 1.26 bits per heavy atom. The number of halogens is 2. The molecule has 42 heavy (non-hydrogen) atoms. The van der Waals surface area contributed by atoms with Crippen LogP contribution in [0.4, 0.5) is 18.4 Å². The maximum atomic E-state index is 13.1. The number of benzene rings is 2. The van der Waals surface area contributed by atoms with Gasteiger partial charge in [0.05, 0.1) is 26.2 Å². The first-order valence-electron chi connectivity index (χ1n) is 15.1. The highest BCUT2D eigenvalue weighted by Crippen LogP contribution is 2.19. The largest absolute Gasteiger partial charge is 0.420 e. The maximum Gasteiger partial charge on any atom is 0.420 e. The number of amides is 2. The van der Waals surface area contributed by atoms with Crippen LogP contribution in [0.25, 0.3) is 0 Å². The lowest BCUT2D eigenvalue weighted by atomic mass is 10.0. The highest BCUT2D eigenvalue weighted by Gasteiger charge is 2.26. The average molecular weight is 583 g/mol. The number of ether oxygens (including phenoxy) is 2. The quantitative estimate of drug-likeness (QED) is 0.201. The molecule has 0 radical (unpaired) electrons. The molecule has 0 spiro atoms. The van der Waals surface area contributed by atoms with Crippen molar-refractivity contribution in [2.24, 2.45) is 9.98 Å². The number of carbonyl (C=O) groups excluding carboxylic acids is 2. The second-order valence-corrected chi connectivity index (χ2v) is 10.6. The predicted molar refractivity (Wildman–Crippen MR) is 158 cm³/mol. The Hall–Kier alpha value is -3.82. The molecule has 0 saturated carbocycles. The molecule has 2 amide bonds. The van der Waals surface area contributed by atoms with Gasteiger partial charge in [-0.3, -0.25) is 19.8 Å². The van der Waals surface area contributed by atoms with Crippen molar-refractivity contribution in [1.82, 2.24) is 9.80 Å². The SMILES string of the molecule is O=C(Oc1ccc(F)cc1)N1CCN=C1CCCCCCCCCCCCC1=NCCN1C(=O)Oc1ccc(F)cc1. The predicted octanol–water partition coefficient (Wildman–Crippen LogP) is 7.77. The smallest absolute Gasteiger partial charge is 0.410 e. The molecule has 226 valence electrons. The van der Waals surface area contributed by atoms with E-state index in [-0.39, 0.29) is 11.6 Å². The minimum atomic E-state index is -0.462. The molecule has 0 unspecified atom stereocenters. The van der Waals surface area contributed by atoms with Crippen LogP contribution in [-0.4, -0.2) is 59.8 Å². The second kappa shape index (κ2) is 16.6. The Kier molecular flexibility index (Phi) is 12.3. The molecule has 2 heterocycles. The highest BCUT2D eigenvalue weighted by atomic mass is 19.1. The Morgan fingerprint density at radius 2 is 0.905 bits per heavy atom. The van der Waals surface area contributed by atoms with Crippen LogP contribution in [0, 0.1) is 11.6 Å². The summed E-state index contributed by atoms with van der Waals surface area (Å²) in [5.74, 6) is 1.46. The summed E-state index contributed by atoms with van der Waals surface area (Å²) in [7, 11) is 0. The number of unbranched alkanes of at least 4 members (excludes halogenated alkanes) is 9. The summed E-state index contributed by atoms with van der Waals surface area (Å²) in [5.41, 5.74) is 0. The standard InChI is InChI=1S/C32H40F2N4O4/c33-25-13-17-27(18-14-25)41-31(39)37-23-21-35-29(37)11-9-7-5-3-1-2-4-6-8-10-12-30-36-22-24-38(30)32(40)42-28-19-15-26(34)16-20-28/h13-20H,1-12,21-24H2. The number of carbonyl (C=O) groups is 2. The summed E-state index contributed by atoms with van der Waals surface area (Å²) in [5, 5.41) is 0. The molecule has 0 aliphatic carbocycles. The Labute approximate surface area is 246 Å². The van der Waals surface area contributed by atoms with Gasteiger partial charge >= 0.3 is 12.2 Å². The van der Waals surface area contributed by atoms with Gasteiger partial charge in [0.2, 0.25) is 0 Å². The minimum absolute atomic E-state index is 0.323. The first-order chi connectivity index (χ1) is 20.5. The van der Waals surface area contributed by atoms with Gasteiger partial charge in [-0.25, -0.2) is 18.4 Å². The van der Waals surface area contributed by atoms with E-state index in [1.165, 1.54) is 74.2 Å². The van der Waals surface area contributed by atoms with Gasteiger partial charge in [-0.05, 0) is 61.4 Å². The molecule has 2 aliphatic heterocycles. The van der Waals surface area contributed by atoms with Gasteiger partial charge in [0, 0.05) is 12.8 Å². The molecule has 2 aliphatic rings. The molecular weight excluding hydrogens is 542 g/mol. The van der Waals surface area contributed by atoms with Crippen LogP contribution >= 0.6 is 0 Å². The van der Waals surface area contributed by atoms with Crippen molar-refractivity contribution in [2.45, 2.75) is 77.0 Å². The lowest BCUT2D eigenvalue weighted by Crippen LogP contribution is -2.36. The van der Waals surface area contributed by atoms with E-state index < -0.39 is 12.2 Å². The Morgan fingerprint density at radius 1 is 0.571 bits per heavy atom. The van der Waals surface area contributed by atoms with E-state index in [4.69, 9.17) is 9.47 Å². The summed E-state index contributed by atoms with van der Waals surface area (Å²) in [6, 6.07) is 10.8. The third-order valence-electron chi connectivity index (χ3n) is 7.39. The third kappa shape index (κ3) is 9.92. The summed E-state index contributed by atoms with van der Waals surface area (Å²) >= 11 is 0. The minimum Gasteiger partial charge on any atom is -0.410 e. The molecule has 2 aromatic carbocycles. The van der Waals surface area contributed by atoms with E-state index in [0.717, 1.165) is 63.0 Å². The van der Waals surface area contributed by atoms with Gasteiger partial charge in [0.15, 0.2) is 0 Å². The van der Waals surface area contributed by atoms with Gasteiger partial charge in [-0.15, -0.1) is 0 Å². The van der Waals surface area contributed by atoms with Crippen molar-refractivity contribution >= 4 is 23.9 Å². The molecule has 0 atom stereocenters. The van der Waals surface area contributed by atoms with E-state index >= 15 is 0 Å². The summed E-state index contributed by atoms with van der Waals surface area (Å²) in [6.45, 7) is 2.21. The fraction of sp³-hybridized carbons (Fsp3) is 0.500. The summed E-state index contributed by atoms with van der Waals surface area (Å²) in [4.78, 5) is 37.1. The molecule has 0 N–H and O–H groups in total. The van der Waals surface area contributed by atoms with E-state index in [1.54, 1.807) is 9.80 Å². The average Bonchev–Trinajstić information content (AvgIpc) is 3.66. The fourth-order valence-electron chi connectivity index (χ4n) is 5.11. The molecule has 2 aromatic rings. The number of hydrogen-bond acceptors (Lipinski definition) is 6. The van der Waals surface area contributed by atoms with Crippen LogP contribution in [-0.2, 0) is 0 Å². The van der Waals surface area contributed by atoms with E-state index in [9.17, 15) is 18.4 Å². The van der Waals surface area contributed by atoms with Crippen LogP contribution in [0.3, 0.4) is 0 Å². The first-order valence-corrected chi connectivity index (χ1v) is 15.1. The van der Waals surface area contributed by atoms with E-state index in [1.807, 2.05) is 0 Å². The topological polar surface area (TPSA) is 83.8 Å². The molecule has 0 saturated heterocycles. The Balaban J connectivity index is 0.985. The third-order valence-corrected chi connectivity index (χ3v) is 7.39. The number of rotatable bonds is 15. The van der Waals surface area contributed by atoms with Gasteiger partial charge in [0.25, 0.3) is 0 Å². The molecule has 0 aromatic heterocycles. The van der Waals surface area contributed by atoms with Crippen molar-refractivity contribution < 1.29 is 27.8 Å². The number of aliphatic imine (C=N–C) groups is 2. The zero-order valence-corrected chi connectivity index (χ0v) is 24.1. The number of amidine groups is 2. The van der Waals surface area contributed by atoms with Crippen molar-refractivity contribution in [2.75, 3.05) is 26.2 Å². The van der Waals surface area contributed by atoms with Crippen molar-refractivity contribution in [3.05, 3.63) is 60.2 Å². The molecule has 10 heteroatoms. The second-order valence-electron chi connectivity index (χ2n) is 10.6. The Bertz CT molecular complexity index is 1120. The van der Waals surface area contributed by atoms with Crippen molar-refractivity contribution in [1.29, 1.82) is 0 Å². The molecular formula is C32H40F2N4O4. The van der Waals surface area contributed by atoms with Gasteiger partial charge in [-0.2, -0.15) is 0 Å². The fourth-order valence-corrected chi connectivity index (χ4v) is 5.11. The molecule has 4 rings (SSSR count). The van der Waals surface area contributed by atoms with Crippen LogP contribution in [0.5, 0.6) is 11.5 Å². The molecule has 0 bridgehead atoms. The van der Waals surface area contributed by atoms with Gasteiger partial charge < -0.3 is 9.47 Å². The van der Waals surface area contributed by atoms with Gasteiger partial charge in [-0.1, -0.05) is 51.4 Å². The zero-order valence-electron chi connectivity index (χ0n) is 24.1. The van der Waals surface area contributed by atoms with E-state index in [0.29, 0.717) is 37.7 Å². The van der Waals surface area contributed by atoms with Gasteiger partial charge in [0.1, 0.15) is 34.8 Å². The van der Waals surface area contributed by atoms with Crippen LogP contribution in [0.1, 0.15) is 77.0 Å². The normalized spacial score (nSPS) is 14.6. The molecule has 8 nitrogen and oxygen atoms in total. The number of hydrogen-bond donors (Lipinski definition) is 0. The zero-order chi connectivity index (χ0) is 29.6. The summed E-state index contributed by atoms with van der Waals surface area (Å²) in [6.07, 6.45) is 11.9. The van der Waals surface area contributed by atoms with E-state index in [2.05, 4.69) is 9.98 Å². The lowest BCUT2D eigenvalue weighted by Gasteiger charge is -2.18. The van der Waals surface area contributed by atoms with Crippen LogP contribution in [0.15, 0.2) is 58.5 Å². The maximum absolute atomic E-state index is 13.1.